The normalized spacial score (nSPS) is 19.0. The molecule has 1 atom stereocenters. The first-order valence-corrected chi connectivity index (χ1v) is 3.83. The van der Waals surface area contributed by atoms with E-state index in [0.717, 1.165) is 4.90 Å². The predicted molar refractivity (Wildman–Crippen MR) is 42.2 cm³/mol. The highest BCUT2D eigenvalue weighted by Gasteiger charge is 2.22. The Bertz CT molecular complexity index is 214. The number of aliphatic hydroxyl groups is 1. The molecule has 0 aromatic rings. The van der Waals surface area contributed by atoms with Gasteiger partial charge in [-0.25, -0.2) is 0 Å². The van der Waals surface area contributed by atoms with Crippen LogP contribution in [0.4, 0.5) is 0 Å². The van der Waals surface area contributed by atoms with E-state index in [1.807, 2.05) is 0 Å². The van der Waals surface area contributed by atoms with E-state index in [1.54, 1.807) is 6.92 Å². The SMILES string of the molecule is CC(O)CCN1C(=O)C=CC1=O. The van der Waals surface area contributed by atoms with Gasteiger partial charge in [0, 0.05) is 18.7 Å². The van der Waals surface area contributed by atoms with Gasteiger partial charge in [-0.1, -0.05) is 0 Å². The first kappa shape index (κ1) is 8.93. The van der Waals surface area contributed by atoms with Gasteiger partial charge in [-0.2, -0.15) is 0 Å². The molecular weight excluding hydrogens is 158 g/mol. The maximum Gasteiger partial charge on any atom is 0.253 e. The number of aliphatic hydroxyl groups excluding tert-OH is 1. The topological polar surface area (TPSA) is 57.6 Å². The van der Waals surface area contributed by atoms with Gasteiger partial charge >= 0.3 is 0 Å². The molecule has 0 aromatic heterocycles. The molecule has 0 bridgehead atoms. The smallest absolute Gasteiger partial charge is 0.253 e. The minimum absolute atomic E-state index is 0.291. The molecule has 0 radical (unpaired) electrons. The van der Waals surface area contributed by atoms with E-state index in [0.29, 0.717) is 13.0 Å². The zero-order valence-electron chi connectivity index (χ0n) is 6.86. The van der Waals surface area contributed by atoms with Crippen LogP contribution in [0.25, 0.3) is 0 Å². The molecule has 66 valence electrons. The Hall–Kier alpha value is -1.16. The number of carbonyl (C=O) groups excluding carboxylic acids is 2. The van der Waals surface area contributed by atoms with E-state index in [4.69, 9.17) is 5.11 Å². The first-order chi connectivity index (χ1) is 5.61. The molecule has 4 nitrogen and oxygen atoms in total. The van der Waals surface area contributed by atoms with Crippen LogP contribution in [0.15, 0.2) is 12.2 Å². The summed E-state index contributed by atoms with van der Waals surface area (Å²) in [6.07, 6.45) is 2.43. The lowest BCUT2D eigenvalue weighted by Crippen LogP contribution is -2.32. The highest BCUT2D eigenvalue weighted by atomic mass is 16.3. The van der Waals surface area contributed by atoms with Crippen molar-refractivity contribution >= 4 is 11.8 Å². The number of rotatable bonds is 3. The molecule has 1 aliphatic heterocycles. The summed E-state index contributed by atoms with van der Waals surface area (Å²) >= 11 is 0. The predicted octanol–water partition coefficient (Wildman–Crippen LogP) is -0.318. The molecule has 4 heteroatoms. The van der Waals surface area contributed by atoms with Gasteiger partial charge in [0.25, 0.3) is 11.8 Å². The zero-order valence-corrected chi connectivity index (χ0v) is 6.86. The van der Waals surface area contributed by atoms with E-state index in [-0.39, 0.29) is 11.8 Å². The second-order valence-electron chi connectivity index (χ2n) is 2.80. The fraction of sp³-hybridized carbons (Fsp3) is 0.500. The monoisotopic (exact) mass is 169 g/mol. The highest BCUT2D eigenvalue weighted by Crippen LogP contribution is 2.05. The van der Waals surface area contributed by atoms with Gasteiger partial charge in [0.1, 0.15) is 0 Å². The summed E-state index contributed by atoms with van der Waals surface area (Å²) in [5.41, 5.74) is 0. The van der Waals surface area contributed by atoms with Crippen LogP contribution in [-0.2, 0) is 9.59 Å². The van der Waals surface area contributed by atoms with Crippen LogP contribution in [0, 0.1) is 0 Å². The molecule has 0 aliphatic carbocycles. The molecule has 1 N–H and O–H groups in total. The summed E-state index contributed by atoms with van der Waals surface area (Å²) < 4.78 is 0. The molecule has 1 unspecified atom stereocenters. The average Bonchev–Trinajstić information content (AvgIpc) is 2.28. The minimum atomic E-state index is -0.480. The Morgan fingerprint density at radius 2 is 1.92 bits per heavy atom. The third-order valence-electron chi connectivity index (χ3n) is 1.67. The lowest BCUT2D eigenvalue weighted by molar-refractivity contribution is -0.137. The minimum Gasteiger partial charge on any atom is -0.393 e. The summed E-state index contributed by atoms with van der Waals surface area (Å²) in [7, 11) is 0. The fourth-order valence-corrected chi connectivity index (χ4v) is 0.967. The average molecular weight is 169 g/mol. The Balaban J connectivity index is 2.43. The molecule has 1 rings (SSSR count). The van der Waals surface area contributed by atoms with Crippen molar-refractivity contribution in [3.8, 4) is 0 Å². The molecule has 0 aromatic carbocycles. The van der Waals surface area contributed by atoms with Gasteiger partial charge < -0.3 is 5.11 Å². The summed E-state index contributed by atoms with van der Waals surface area (Å²) in [5, 5.41) is 8.92. The van der Waals surface area contributed by atoms with E-state index in [9.17, 15) is 9.59 Å². The lowest BCUT2D eigenvalue weighted by Gasteiger charge is -2.13. The van der Waals surface area contributed by atoms with Gasteiger partial charge in [-0.05, 0) is 13.3 Å². The van der Waals surface area contributed by atoms with Crippen LogP contribution < -0.4 is 0 Å². The van der Waals surface area contributed by atoms with Gasteiger partial charge in [0.05, 0.1) is 6.10 Å². The Morgan fingerprint density at radius 3 is 2.33 bits per heavy atom. The van der Waals surface area contributed by atoms with Gasteiger partial charge in [0.15, 0.2) is 0 Å². The number of imide groups is 1. The molecule has 12 heavy (non-hydrogen) atoms. The molecule has 1 aliphatic rings. The summed E-state index contributed by atoms with van der Waals surface area (Å²) in [4.78, 5) is 23.0. The van der Waals surface area contributed by atoms with Crippen LogP contribution >= 0.6 is 0 Å². The molecule has 0 fully saturated rings. The second kappa shape index (κ2) is 3.49. The summed E-state index contributed by atoms with van der Waals surface area (Å²) in [6.45, 7) is 1.92. The number of hydrogen-bond donors (Lipinski definition) is 1. The lowest BCUT2D eigenvalue weighted by atomic mass is 10.3. The van der Waals surface area contributed by atoms with Crippen molar-refractivity contribution in [1.82, 2.24) is 4.90 Å². The van der Waals surface area contributed by atoms with Crippen molar-refractivity contribution in [2.24, 2.45) is 0 Å². The third-order valence-corrected chi connectivity index (χ3v) is 1.67. The molecule has 0 saturated heterocycles. The molecule has 0 spiro atoms. The van der Waals surface area contributed by atoms with Crippen molar-refractivity contribution in [3.05, 3.63) is 12.2 Å². The van der Waals surface area contributed by atoms with Crippen LogP contribution in [0.3, 0.4) is 0 Å². The van der Waals surface area contributed by atoms with Crippen molar-refractivity contribution < 1.29 is 14.7 Å². The van der Waals surface area contributed by atoms with Crippen LogP contribution in [0.2, 0.25) is 0 Å². The summed E-state index contributed by atoms with van der Waals surface area (Å²) in [5.74, 6) is -0.582. The van der Waals surface area contributed by atoms with Crippen LogP contribution in [0.5, 0.6) is 0 Å². The Labute approximate surface area is 70.5 Å². The van der Waals surface area contributed by atoms with Crippen molar-refractivity contribution in [1.29, 1.82) is 0 Å². The van der Waals surface area contributed by atoms with Gasteiger partial charge in [-0.3, -0.25) is 14.5 Å². The quantitative estimate of drug-likeness (QED) is 0.589. The standard InChI is InChI=1S/C8H11NO3/c1-6(10)4-5-9-7(11)2-3-8(9)12/h2-3,6,10H,4-5H2,1H3. The van der Waals surface area contributed by atoms with Gasteiger partial charge in [-0.15, -0.1) is 0 Å². The Kier molecular flexibility index (Phi) is 2.60. The van der Waals surface area contributed by atoms with E-state index in [2.05, 4.69) is 0 Å². The second-order valence-corrected chi connectivity index (χ2v) is 2.80. The van der Waals surface area contributed by atoms with Crippen molar-refractivity contribution in [3.63, 3.8) is 0 Å². The first-order valence-electron chi connectivity index (χ1n) is 3.83. The zero-order chi connectivity index (χ0) is 9.14. The molecule has 0 saturated carbocycles. The van der Waals surface area contributed by atoms with E-state index in [1.165, 1.54) is 12.2 Å². The third kappa shape index (κ3) is 1.92. The van der Waals surface area contributed by atoms with E-state index >= 15 is 0 Å². The number of nitrogens with zero attached hydrogens (tertiary/aromatic N) is 1. The molecular formula is C8H11NO3. The Morgan fingerprint density at radius 1 is 1.42 bits per heavy atom. The largest absolute Gasteiger partial charge is 0.393 e. The summed E-state index contributed by atoms with van der Waals surface area (Å²) in [6, 6.07) is 0. The molecule has 1 heterocycles. The highest BCUT2D eigenvalue weighted by molar-refractivity contribution is 6.12. The maximum atomic E-state index is 10.9. The van der Waals surface area contributed by atoms with Gasteiger partial charge in [0.2, 0.25) is 0 Å². The maximum absolute atomic E-state index is 10.9. The molecule has 2 amide bonds. The number of hydrogen-bond acceptors (Lipinski definition) is 3. The van der Waals surface area contributed by atoms with E-state index < -0.39 is 6.10 Å². The number of amides is 2. The van der Waals surface area contributed by atoms with Crippen LogP contribution in [-0.4, -0.2) is 34.5 Å². The van der Waals surface area contributed by atoms with Crippen molar-refractivity contribution in [2.75, 3.05) is 6.54 Å². The van der Waals surface area contributed by atoms with Crippen molar-refractivity contribution in [2.45, 2.75) is 19.4 Å². The number of carbonyl (C=O) groups is 2. The fourth-order valence-electron chi connectivity index (χ4n) is 0.967. The van der Waals surface area contributed by atoms with Crippen LogP contribution in [0.1, 0.15) is 13.3 Å².